The zero-order valence-corrected chi connectivity index (χ0v) is 13.3. The van der Waals surface area contributed by atoms with Crippen molar-refractivity contribution >= 4 is 39.2 Å². The largest absolute Gasteiger partial charge is 0.462 e. The molecule has 1 aromatic carbocycles. The summed E-state index contributed by atoms with van der Waals surface area (Å²) in [6.07, 6.45) is 1.40. The summed E-state index contributed by atoms with van der Waals surface area (Å²) in [5.74, 6) is -0.349. The summed E-state index contributed by atoms with van der Waals surface area (Å²) in [6, 6.07) is 4.83. The summed E-state index contributed by atoms with van der Waals surface area (Å²) >= 11 is 2.61. The van der Waals surface area contributed by atoms with Gasteiger partial charge in [-0.25, -0.2) is 14.2 Å². The Balaban J connectivity index is 2.03. The van der Waals surface area contributed by atoms with Gasteiger partial charge in [-0.2, -0.15) is 5.10 Å². The monoisotopic (exact) mass is 337 g/mol. The number of fused-ring (bicyclic) bond motifs is 1. The van der Waals surface area contributed by atoms with Gasteiger partial charge in [-0.3, -0.25) is 5.10 Å². The molecule has 0 aliphatic rings. The number of thioether (sulfide) groups is 1. The first-order chi connectivity index (χ1) is 10.7. The van der Waals surface area contributed by atoms with Gasteiger partial charge < -0.3 is 4.74 Å². The van der Waals surface area contributed by atoms with Crippen LogP contribution in [0.3, 0.4) is 0 Å². The molecule has 0 amide bonds. The molecule has 0 aliphatic heterocycles. The van der Waals surface area contributed by atoms with Crippen LogP contribution in [0.1, 0.15) is 22.2 Å². The molecule has 0 unspecified atom stereocenters. The molecule has 0 fully saturated rings. The summed E-state index contributed by atoms with van der Waals surface area (Å²) in [5, 5.41) is 7.59. The molecule has 0 radical (unpaired) electrons. The van der Waals surface area contributed by atoms with Crippen LogP contribution < -0.4 is 0 Å². The van der Waals surface area contributed by atoms with E-state index in [9.17, 15) is 9.18 Å². The van der Waals surface area contributed by atoms with E-state index in [-0.39, 0.29) is 12.4 Å². The first-order valence-electron chi connectivity index (χ1n) is 6.56. The molecule has 2 heterocycles. The molecule has 0 aliphatic carbocycles. The molecular formula is C14H12FN3O2S2. The van der Waals surface area contributed by atoms with Crippen LogP contribution in [0, 0.1) is 5.82 Å². The van der Waals surface area contributed by atoms with Gasteiger partial charge in [0.1, 0.15) is 17.0 Å². The third kappa shape index (κ3) is 2.84. The third-order valence-corrected chi connectivity index (χ3v) is 5.05. The first-order valence-corrected chi connectivity index (χ1v) is 8.36. The fraction of sp³-hybridized carbons (Fsp3) is 0.214. The van der Waals surface area contributed by atoms with Gasteiger partial charge in [-0.15, -0.1) is 11.3 Å². The van der Waals surface area contributed by atoms with Crippen molar-refractivity contribution in [1.82, 2.24) is 15.2 Å². The van der Waals surface area contributed by atoms with Crippen molar-refractivity contribution in [3.8, 4) is 0 Å². The number of aromatic nitrogens is 3. The SMILES string of the molecule is CCOC(=O)c1sc2cccc(F)c2c1CSc1ncn[nH]1. The van der Waals surface area contributed by atoms with E-state index in [1.54, 1.807) is 19.1 Å². The Labute approximate surface area is 133 Å². The number of hydrogen-bond donors (Lipinski definition) is 1. The van der Waals surface area contributed by atoms with E-state index in [0.717, 1.165) is 4.70 Å². The number of ether oxygens (including phenoxy) is 1. The van der Waals surface area contributed by atoms with Crippen LogP contribution in [-0.2, 0) is 10.5 Å². The molecule has 1 N–H and O–H groups in total. The maximum Gasteiger partial charge on any atom is 0.348 e. The highest BCUT2D eigenvalue weighted by molar-refractivity contribution is 7.98. The van der Waals surface area contributed by atoms with E-state index < -0.39 is 5.97 Å². The lowest BCUT2D eigenvalue weighted by atomic mass is 10.1. The van der Waals surface area contributed by atoms with Crippen LogP contribution in [0.4, 0.5) is 4.39 Å². The van der Waals surface area contributed by atoms with Gasteiger partial charge in [-0.05, 0) is 24.6 Å². The molecule has 0 bridgehead atoms. The zero-order valence-electron chi connectivity index (χ0n) is 11.6. The predicted molar refractivity (Wildman–Crippen MR) is 83.7 cm³/mol. The number of thiophene rings is 1. The molecule has 5 nitrogen and oxygen atoms in total. The number of halogens is 1. The second kappa shape index (κ2) is 6.45. The second-order valence-electron chi connectivity index (χ2n) is 4.32. The lowest BCUT2D eigenvalue weighted by Gasteiger charge is -2.04. The number of nitrogens with zero attached hydrogens (tertiary/aromatic N) is 2. The van der Waals surface area contributed by atoms with Crippen LogP contribution in [0.25, 0.3) is 10.1 Å². The van der Waals surface area contributed by atoms with E-state index in [1.165, 1.54) is 35.5 Å². The Kier molecular flexibility index (Phi) is 4.39. The fourth-order valence-corrected chi connectivity index (χ4v) is 4.10. The molecule has 3 rings (SSSR count). The summed E-state index contributed by atoms with van der Waals surface area (Å²) < 4.78 is 20.0. The zero-order chi connectivity index (χ0) is 15.5. The minimum Gasteiger partial charge on any atom is -0.462 e. The first kappa shape index (κ1) is 15.0. The fourth-order valence-electron chi connectivity index (χ4n) is 2.07. The molecule has 0 atom stereocenters. The van der Waals surface area contributed by atoms with Gasteiger partial charge in [-0.1, -0.05) is 17.8 Å². The lowest BCUT2D eigenvalue weighted by Crippen LogP contribution is -2.05. The topological polar surface area (TPSA) is 67.9 Å². The number of carbonyl (C=O) groups is 1. The Hall–Kier alpha value is -1.93. The van der Waals surface area contributed by atoms with E-state index in [2.05, 4.69) is 15.2 Å². The Morgan fingerprint density at radius 3 is 3.09 bits per heavy atom. The number of rotatable bonds is 5. The number of nitrogens with one attached hydrogen (secondary N) is 1. The number of hydrogen-bond acceptors (Lipinski definition) is 6. The number of H-pyrrole nitrogens is 1. The van der Waals surface area contributed by atoms with Gasteiger partial charge in [0.2, 0.25) is 0 Å². The van der Waals surface area contributed by atoms with Crippen molar-refractivity contribution in [2.24, 2.45) is 0 Å². The number of benzene rings is 1. The van der Waals surface area contributed by atoms with Gasteiger partial charge in [0.15, 0.2) is 5.16 Å². The molecule has 0 saturated carbocycles. The van der Waals surface area contributed by atoms with E-state index in [1.807, 2.05) is 0 Å². The molecule has 3 aromatic rings. The quantitative estimate of drug-likeness (QED) is 0.569. The average molecular weight is 337 g/mol. The summed E-state index contributed by atoms with van der Waals surface area (Å²) in [4.78, 5) is 16.6. The molecule has 0 saturated heterocycles. The van der Waals surface area contributed by atoms with Crippen LogP contribution in [-0.4, -0.2) is 27.8 Å². The van der Waals surface area contributed by atoms with E-state index in [0.29, 0.717) is 26.7 Å². The summed E-state index contributed by atoms with van der Waals surface area (Å²) in [5.41, 5.74) is 0.637. The van der Waals surface area contributed by atoms with Crippen molar-refractivity contribution in [2.75, 3.05) is 6.61 Å². The standard InChI is InChI=1S/C14H12FN3O2S2/c1-2-20-13(19)12-8(6-21-14-16-7-17-18-14)11-9(15)4-3-5-10(11)22-12/h3-5,7H,2,6H2,1H3,(H,16,17,18). The molecule has 0 spiro atoms. The van der Waals surface area contributed by atoms with Gasteiger partial charge in [0, 0.05) is 15.8 Å². The minimum absolute atomic E-state index is 0.282. The van der Waals surface area contributed by atoms with Crippen molar-refractivity contribution in [2.45, 2.75) is 17.8 Å². The predicted octanol–water partition coefficient (Wildman–Crippen LogP) is 3.63. The molecule has 114 valence electrons. The average Bonchev–Trinajstić information content (AvgIpc) is 3.13. The minimum atomic E-state index is -0.420. The number of aromatic amines is 1. The maximum absolute atomic E-state index is 14.2. The molecular weight excluding hydrogens is 325 g/mol. The third-order valence-electron chi connectivity index (χ3n) is 2.97. The molecule has 2 aromatic heterocycles. The van der Waals surface area contributed by atoms with Crippen LogP contribution in [0.5, 0.6) is 0 Å². The normalized spacial score (nSPS) is 11.0. The van der Waals surface area contributed by atoms with Crippen LogP contribution >= 0.6 is 23.1 Å². The highest BCUT2D eigenvalue weighted by Crippen LogP contribution is 2.36. The highest BCUT2D eigenvalue weighted by Gasteiger charge is 2.22. The van der Waals surface area contributed by atoms with Crippen molar-refractivity contribution in [3.05, 3.63) is 40.8 Å². The number of esters is 1. The lowest BCUT2D eigenvalue weighted by molar-refractivity contribution is 0.0531. The summed E-state index contributed by atoms with van der Waals surface area (Å²) in [6.45, 7) is 2.03. The van der Waals surface area contributed by atoms with Gasteiger partial charge in [0.05, 0.1) is 6.61 Å². The van der Waals surface area contributed by atoms with Crippen molar-refractivity contribution < 1.29 is 13.9 Å². The molecule has 22 heavy (non-hydrogen) atoms. The van der Waals surface area contributed by atoms with Gasteiger partial charge in [0.25, 0.3) is 0 Å². The van der Waals surface area contributed by atoms with Crippen LogP contribution in [0.2, 0.25) is 0 Å². The Bertz CT molecular complexity index is 802. The second-order valence-corrected chi connectivity index (χ2v) is 6.34. The number of carbonyl (C=O) groups excluding carboxylic acids is 1. The molecule has 8 heteroatoms. The Morgan fingerprint density at radius 2 is 2.36 bits per heavy atom. The van der Waals surface area contributed by atoms with Gasteiger partial charge >= 0.3 is 5.97 Å². The highest BCUT2D eigenvalue weighted by atomic mass is 32.2. The smallest absolute Gasteiger partial charge is 0.348 e. The van der Waals surface area contributed by atoms with Crippen LogP contribution in [0.15, 0.2) is 29.7 Å². The maximum atomic E-state index is 14.2. The van der Waals surface area contributed by atoms with E-state index >= 15 is 0 Å². The Morgan fingerprint density at radius 1 is 1.50 bits per heavy atom. The van der Waals surface area contributed by atoms with E-state index in [4.69, 9.17) is 4.74 Å². The van der Waals surface area contributed by atoms with Crippen molar-refractivity contribution in [1.29, 1.82) is 0 Å². The summed E-state index contributed by atoms with van der Waals surface area (Å²) in [7, 11) is 0. The van der Waals surface area contributed by atoms with Crippen molar-refractivity contribution in [3.63, 3.8) is 0 Å².